The minimum absolute atomic E-state index is 0.412. The van der Waals surface area contributed by atoms with E-state index >= 15 is 0 Å². The van der Waals surface area contributed by atoms with Gasteiger partial charge in [0.25, 0.3) is 0 Å². The lowest BCUT2D eigenvalue weighted by Crippen LogP contribution is -2.22. The van der Waals surface area contributed by atoms with Gasteiger partial charge in [0.1, 0.15) is 0 Å². The fourth-order valence-electron chi connectivity index (χ4n) is 2.13. The first-order chi connectivity index (χ1) is 9.29. The molecule has 0 aliphatic carbocycles. The average Bonchev–Trinajstić information content (AvgIpc) is 2.93. The Morgan fingerprint density at radius 3 is 2.84 bits per heavy atom. The van der Waals surface area contributed by atoms with E-state index < -0.39 is 0 Å². The van der Waals surface area contributed by atoms with Crippen LogP contribution in [0.25, 0.3) is 0 Å². The van der Waals surface area contributed by atoms with Crippen LogP contribution in [0.3, 0.4) is 0 Å². The fourth-order valence-corrected chi connectivity index (χ4v) is 2.86. The number of thiophene rings is 1. The predicted molar refractivity (Wildman–Crippen MR) is 82.6 cm³/mol. The largest absolute Gasteiger partial charge is 0.310 e. The second-order valence-corrected chi connectivity index (χ2v) is 5.89. The fraction of sp³-hybridized carbons (Fsp3) is 0.438. The van der Waals surface area contributed by atoms with Crippen molar-refractivity contribution >= 4 is 11.3 Å². The molecule has 1 unspecified atom stereocenters. The third kappa shape index (κ3) is 4.44. The third-order valence-electron chi connectivity index (χ3n) is 3.24. The molecule has 1 N–H and O–H groups in total. The highest BCUT2D eigenvalue weighted by Crippen LogP contribution is 2.21. The number of nitrogens with zero attached hydrogens (tertiary/aromatic N) is 1. The van der Waals surface area contributed by atoms with Gasteiger partial charge in [-0.05, 0) is 55.8 Å². The molecular weight excluding hydrogens is 252 g/mol. The topological polar surface area (TPSA) is 24.9 Å². The molecule has 0 aliphatic heterocycles. The number of hydrogen-bond donors (Lipinski definition) is 1. The minimum Gasteiger partial charge on any atom is -0.310 e. The summed E-state index contributed by atoms with van der Waals surface area (Å²) in [5, 5.41) is 5.78. The van der Waals surface area contributed by atoms with Crippen LogP contribution in [0.5, 0.6) is 0 Å². The van der Waals surface area contributed by atoms with E-state index in [9.17, 15) is 0 Å². The monoisotopic (exact) mass is 274 g/mol. The van der Waals surface area contributed by atoms with Crippen LogP contribution in [0.2, 0.25) is 0 Å². The molecule has 0 aromatic carbocycles. The summed E-state index contributed by atoms with van der Waals surface area (Å²) in [5.41, 5.74) is 2.38. The minimum atomic E-state index is 0.412. The number of pyridine rings is 1. The first-order valence-electron chi connectivity index (χ1n) is 6.98. The first-order valence-corrected chi connectivity index (χ1v) is 7.86. The van der Waals surface area contributed by atoms with Crippen molar-refractivity contribution in [1.29, 1.82) is 0 Å². The Morgan fingerprint density at radius 2 is 2.21 bits per heavy atom. The lowest BCUT2D eigenvalue weighted by molar-refractivity contribution is 0.499. The van der Waals surface area contributed by atoms with Crippen LogP contribution in [-0.4, -0.2) is 11.5 Å². The SMILES string of the molecule is CCCNC(CCc1cccs1)c1ccc(C)nc1. The Hall–Kier alpha value is -1.19. The zero-order valence-corrected chi connectivity index (χ0v) is 12.5. The van der Waals surface area contributed by atoms with E-state index in [0.717, 1.165) is 31.5 Å². The summed E-state index contributed by atoms with van der Waals surface area (Å²) in [6.45, 7) is 5.30. The van der Waals surface area contributed by atoms with Gasteiger partial charge in [-0.2, -0.15) is 0 Å². The van der Waals surface area contributed by atoms with E-state index in [1.54, 1.807) is 0 Å². The van der Waals surface area contributed by atoms with Gasteiger partial charge in [0.2, 0.25) is 0 Å². The molecule has 3 heteroatoms. The van der Waals surface area contributed by atoms with Gasteiger partial charge in [-0.1, -0.05) is 19.1 Å². The van der Waals surface area contributed by atoms with Crippen LogP contribution in [0.1, 0.15) is 41.9 Å². The number of nitrogens with one attached hydrogen (secondary N) is 1. The Labute approximate surface area is 119 Å². The van der Waals surface area contributed by atoms with Crippen LogP contribution in [-0.2, 0) is 6.42 Å². The summed E-state index contributed by atoms with van der Waals surface area (Å²) in [7, 11) is 0. The van der Waals surface area contributed by atoms with Crippen LogP contribution < -0.4 is 5.32 Å². The maximum absolute atomic E-state index is 4.42. The highest BCUT2D eigenvalue weighted by Gasteiger charge is 2.11. The Bertz CT molecular complexity index is 462. The van der Waals surface area contributed by atoms with Crippen molar-refractivity contribution < 1.29 is 0 Å². The summed E-state index contributed by atoms with van der Waals surface area (Å²) >= 11 is 1.84. The Kier molecular flexibility index (Phi) is 5.55. The second kappa shape index (κ2) is 7.41. The van der Waals surface area contributed by atoms with Crippen molar-refractivity contribution in [3.63, 3.8) is 0 Å². The number of aromatic nitrogens is 1. The van der Waals surface area contributed by atoms with Crippen molar-refractivity contribution in [2.45, 2.75) is 39.2 Å². The van der Waals surface area contributed by atoms with Crippen LogP contribution in [0, 0.1) is 6.92 Å². The number of rotatable bonds is 7. The van der Waals surface area contributed by atoms with Crippen LogP contribution >= 0.6 is 11.3 Å². The Balaban J connectivity index is 2.00. The van der Waals surface area contributed by atoms with Crippen LogP contribution in [0.15, 0.2) is 35.8 Å². The summed E-state index contributed by atoms with van der Waals surface area (Å²) in [6.07, 6.45) is 5.43. The zero-order chi connectivity index (χ0) is 13.5. The third-order valence-corrected chi connectivity index (χ3v) is 4.17. The van der Waals surface area contributed by atoms with Crippen molar-refractivity contribution in [3.05, 3.63) is 52.0 Å². The van der Waals surface area contributed by atoms with Crippen molar-refractivity contribution in [3.8, 4) is 0 Å². The molecule has 2 heterocycles. The number of hydrogen-bond acceptors (Lipinski definition) is 3. The maximum Gasteiger partial charge on any atom is 0.0372 e. The molecule has 2 aromatic heterocycles. The van der Waals surface area contributed by atoms with E-state index in [4.69, 9.17) is 0 Å². The lowest BCUT2D eigenvalue weighted by Gasteiger charge is -2.18. The maximum atomic E-state index is 4.42. The van der Waals surface area contributed by atoms with Gasteiger partial charge in [0.05, 0.1) is 0 Å². The van der Waals surface area contributed by atoms with Gasteiger partial charge < -0.3 is 5.32 Å². The molecule has 0 aliphatic rings. The molecule has 0 spiro atoms. The highest BCUT2D eigenvalue weighted by molar-refractivity contribution is 7.09. The predicted octanol–water partition coefficient (Wildman–Crippen LogP) is 4.13. The molecule has 2 rings (SSSR count). The molecule has 19 heavy (non-hydrogen) atoms. The summed E-state index contributed by atoms with van der Waals surface area (Å²) in [5.74, 6) is 0. The molecule has 102 valence electrons. The molecular formula is C16H22N2S. The molecule has 0 radical (unpaired) electrons. The van der Waals surface area contributed by atoms with Crippen molar-refractivity contribution in [2.24, 2.45) is 0 Å². The van der Waals surface area contributed by atoms with Gasteiger partial charge in [-0.3, -0.25) is 4.98 Å². The number of aryl methyl sites for hydroxylation is 2. The second-order valence-electron chi connectivity index (χ2n) is 4.86. The summed E-state index contributed by atoms with van der Waals surface area (Å²) in [4.78, 5) is 5.88. The lowest BCUT2D eigenvalue weighted by atomic mass is 10.0. The summed E-state index contributed by atoms with van der Waals surface area (Å²) in [6, 6.07) is 9.05. The molecule has 0 saturated carbocycles. The summed E-state index contributed by atoms with van der Waals surface area (Å²) < 4.78 is 0. The first kappa shape index (κ1) is 14.2. The van der Waals surface area contributed by atoms with E-state index in [1.165, 1.54) is 10.4 Å². The van der Waals surface area contributed by atoms with E-state index in [-0.39, 0.29) is 0 Å². The molecule has 2 nitrogen and oxygen atoms in total. The van der Waals surface area contributed by atoms with Gasteiger partial charge in [-0.15, -0.1) is 11.3 Å². The smallest absolute Gasteiger partial charge is 0.0372 e. The van der Waals surface area contributed by atoms with Crippen molar-refractivity contribution in [2.75, 3.05) is 6.54 Å². The quantitative estimate of drug-likeness (QED) is 0.821. The average molecular weight is 274 g/mol. The van der Waals surface area contributed by atoms with Gasteiger partial charge in [0, 0.05) is 22.8 Å². The molecule has 0 amide bonds. The van der Waals surface area contributed by atoms with E-state index in [0.29, 0.717) is 6.04 Å². The molecule has 0 bridgehead atoms. The van der Waals surface area contributed by atoms with E-state index in [2.05, 4.69) is 46.9 Å². The standard InChI is InChI=1S/C16H22N2S/c1-3-10-17-16(9-8-15-5-4-11-19-15)14-7-6-13(2)18-12-14/h4-7,11-12,16-17H,3,8-10H2,1-2H3. The molecule has 1 atom stereocenters. The molecule has 2 aromatic rings. The Morgan fingerprint density at radius 1 is 1.32 bits per heavy atom. The normalized spacial score (nSPS) is 12.5. The molecule has 0 fully saturated rings. The van der Waals surface area contributed by atoms with Crippen molar-refractivity contribution in [1.82, 2.24) is 10.3 Å². The van der Waals surface area contributed by atoms with Gasteiger partial charge in [-0.25, -0.2) is 0 Å². The van der Waals surface area contributed by atoms with E-state index in [1.807, 2.05) is 24.5 Å². The van der Waals surface area contributed by atoms with Gasteiger partial charge in [0.15, 0.2) is 0 Å². The highest BCUT2D eigenvalue weighted by atomic mass is 32.1. The zero-order valence-electron chi connectivity index (χ0n) is 11.7. The van der Waals surface area contributed by atoms with Gasteiger partial charge >= 0.3 is 0 Å². The van der Waals surface area contributed by atoms with Crippen LogP contribution in [0.4, 0.5) is 0 Å². The molecule has 0 saturated heterocycles.